The molecule has 1 aromatic heterocycles. The number of Topliss-reactive ketones (excluding diaryl/α,β-unsaturated/α-hetero) is 1. The monoisotopic (exact) mass is 393 g/mol. The van der Waals surface area contributed by atoms with Crippen LogP contribution in [0.15, 0.2) is 64.5 Å². The Balaban J connectivity index is 1.70. The molecule has 0 saturated carbocycles. The molecule has 5 nitrogen and oxygen atoms in total. The van der Waals surface area contributed by atoms with Crippen molar-refractivity contribution >= 4 is 23.8 Å². The van der Waals surface area contributed by atoms with E-state index < -0.39 is 0 Å². The number of aldehydes is 1. The molecule has 1 heterocycles. The van der Waals surface area contributed by atoms with Gasteiger partial charge in [-0.05, 0) is 55.8 Å². The fourth-order valence-corrected chi connectivity index (χ4v) is 3.51. The first-order chi connectivity index (χ1) is 13.5. The number of phenols is 1. The van der Waals surface area contributed by atoms with Crippen LogP contribution in [0.5, 0.6) is 11.5 Å². The summed E-state index contributed by atoms with van der Waals surface area (Å²) in [5, 5.41) is 10.2. The van der Waals surface area contributed by atoms with Crippen LogP contribution >= 0.6 is 11.8 Å². The summed E-state index contributed by atoms with van der Waals surface area (Å²) >= 11 is 1.54. The van der Waals surface area contributed by atoms with Crippen LogP contribution in [-0.4, -0.2) is 22.2 Å². The molecule has 0 atom stereocenters. The van der Waals surface area contributed by atoms with E-state index in [0.29, 0.717) is 23.6 Å². The van der Waals surface area contributed by atoms with Crippen molar-refractivity contribution in [1.29, 1.82) is 0 Å². The van der Waals surface area contributed by atoms with Crippen molar-refractivity contribution < 1.29 is 19.4 Å². The largest absolute Gasteiger partial charge is 0.507 e. The maximum absolute atomic E-state index is 11.5. The minimum absolute atomic E-state index is 0.0411. The molecule has 0 unspecified atom stereocenters. The zero-order chi connectivity index (χ0) is 20.1. The van der Waals surface area contributed by atoms with Gasteiger partial charge in [-0.3, -0.25) is 14.6 Å². The van der Waals surface area contributed by atoms with Gasteiger partial charge < -0.3 is 9.84 Å². The van der Waals surface area contributed by atoms with Crippen molar-refractivity contribution in [2.45, 2.75) is 30.2 Å². The molecule has 3 aromatic rings. The number of ketones is 1. The van der Waals surface area contributed by atoms with E-state index in [1.165, 1.54) is 6.92 Å². The van der Waals surface area contributed by atoms with Crippen LogP contribution in [-0.2, 0) is 6.61 Å². The second-order valence-electron chi connectivity index (χ2n) is 6.22. The lowest BCUT2D eigenvalue weighted by Crippen LogP contribution is -2.00. The number of aromatic hydroxyl groups is 1. The Labute approximate surface area is 167 Å². The highest BCUT2D eigenvalue weighted by Gasteiger charge is 2.13. The lowest BCUT2D eigenvalue weighted by atomic mass is 10.1. The van der Waals surface area contributed by atoms with E-state index in [9.17, 15) is 14.7 Å². The molecule has 3 rings (SSSR count). The van der Waals surface area contributed by atoms with Crippen LogP contribution in [0.25, 0.3) is 0 Å². The molecule has 6 heteroatoms. The zero-order valence-corrected chi connectivity index (χ0v) is 16.3. The first kappa shape index (κ1) is 19.6. The lowest BCUT2D eigenvalue weighted by Gasteiger charge is -2.13. The molecular weight excluding hydrogens is 374 g/mol. The third-order valence-electron chi connectivity index (χ3n) is 4.17. The van der Waals surface area contributed by atoms with Gasteiger partial charge in [0.15, 0.2) is 12.1 Å². The molecule has 2 aromatic carbocycles. The van der Waals surface area contributed by atoms with Crippen LogP contribution in [0.3, 0.4) is 0 Å². The van der Waals surface area contributed by atoms with Crippen LogP contribution in [0, 0.1) is 6.92 Å². The highest BCUT2D eigenvalue weighted by atomic mass is 32.2. The average molecular weight is 393 g/mol. The van der Waals surface area contributed by atoms with Gasteiger partial charge >= 0.3 is 0 Å². The van der Waals surface area contributed by atoms with Gasteiger partial charge in [-0.25, -0.2) is 0 Å². The standard InChI is InChI=1S/C22H19NO4S/c1-14-21(9-8-20(15(2)25)22(14)26)27-13-16-4-3-5-18(10-16)28-19-7-6-17(12-24)23-11-19/h3-12,26H,13H2,1-2H3. The Morgan fingerprint density at radius 1 is 1.18 bits per heavy atom. The minimum atomic E-state index is -0.187. The second kappa shape index (κ2) is 8.71. The average Bonchev–Trinajstić information content (AvgIpc) is 2.70. The number of phenolic OH excluding ortho intramolecular Hbond substituents is 1. The first-order valence-electron chi connectivity index (χ1n) is 8.62. The third kappa shape index (κ3) is 4.58. The number of carbonyl (C=O) groups is 2. The topological polar surface area (TPSA) is 76.5 Å². The summed E-state index contributed by atoms with van der Waals surface area (Å²) < 4.78 is 5.84. The molecule has 0 amide bonds. The maximum atomic E-state index is 11.5. The van der Waals surface area contributed by atoms with Crippen LogP contribution in [0.4, 0.5) is 0 Å². The summed E-state index contributed by atoms with van der Waals surface area (Å²) in [4.78, 5) is 28.2. The molecule has 0 radical (unpaired) electrons. The molecule has 0 aliphatic rings. The molecule has 1 N–H and O–H groups in total. The van der Waals surface area contributed by atoms with Gasteiger partial charge in [0.2, 0.25) is 0 Å². The van der Waals surface area contributed by atoms with Crippen molar-refractivity contribution in [2.75, 3.05) is 0 Å². The van der Waals surface area contributed by atoms with Crippen LogP contribution < -0.4 is 4.74 Å². The Hall–Kier alpha value is -3.12. The van der Waals surface area contributed by atoms with E-state index in [-0.39, 0.29) is 17.1 Å². The van der Waals surface area contributed by atoms with Crippen LogP contribution in [0.2, 0.25) is 0 Å². The summed E-state index contributed by atoms with van der Waals surface area (Å²) in [5.41, 5.74) is 2.20. The number of hydrogen-bond donors (Lipinski definition) is 1. The van der Waals surface area contributed by atoms with Gasteiger partial charge in [0.05, 0.1) is 5.56 Å². The van der Waals surface area contributed by atoms with Crippen molar-refractivity contribution in [3.05, 3.63) is 77.1 Å². The summed E-state index contributed by atoms with van der Waals surface area (Å²) in [6.07, 6.45) is 2.38. The molecule has 0 spiro atoms. The number of hydrogen-bond acceptors (Lipinski definition) is 6. The Kier molecular flexibility index (Phi) is 6.11. The van der Waals surface area contributed by atoms with Gasteiger partial charge in [-0.15, -0.1) is 0 Å². The summed E-state index contributed by atoms with van der Waals surface area (Å²) in [7, 11) is 0. The molecule has 28 heavy (non-hydrogen) atoms. The Bertz CT molecular complexity index is 1020. The maximum Gasteiger partial charge on any atom is 0.168 e. The number of pyridine rings is 1. The zero-order valence-electron chi connectivity index (χ0n) is 15.5. The second-order valence-corrected chi connectivity index (χ2v) is 7.36. The Morgan fingerprint density at radius 3 is 2.68 bits per heavy atom. The number of carbonyl (C=O) groups excluding carboxylic acids is 2. The number of benzene rings is 2. The summed E-state index contributed by atoms with van der Waals surface area (Å²) in [6.45, 7) is 3.47. The molecule has 0 fully saturated rings. The molecule has 142 valence electrons. The van der Waals surface area contributed by atoms with E-state index in [1.54, 1.807) is 43.1 Å². The van der Waals surface area contributed by atoms with Crippen LogP contribution in [0.1, 0.15) is 38.9 Å². The smallest absolute Gasteiger partial charge is 0.168 e. The fourth-order valence-electron chi connectivity index (χ4n) is 2.64. The minimum Gasteiger partial charge on any atom is -0.507 e. The predicted molar refractivity (Wildman–Crippen MR) is 107 cm³/mol. The highest BCUT2D eigenvalue weighted by molar-refractivity contribution is 7.99. The predicted octanol–water partition coefficient (Wildman–Crippen LogP) is 4.84. The number of nitrogens with zero attached hydrogens (tertiary/aromatic N) is 1. The molecular formula is C22H19NO4S. The fraction of sp³-hybridized carbons (Fsp3) is 0.136. The van der Waals surface area contributed by atoms with Crippen molar-refractivity contribution in [3.63, 3.8) is 0 Å². The van der Waals surface area contributed by atoms with Crippen molar-refractivity contribution in [1.82, 2.24) is 4.98 Å². The SMILES string of the molecule is CC(=O)c1ccc(OCc2cccc(Sc3ccc(C=O)nc3)c2)c(C)c1O. The molecule has 0 bridgehead atoms. The van der Waals surface area contributed by atoms with Gasteiger partial charge in [0, 0.05) is 21.6 Å². The van der Waals surface area contributed by atoms with Crippen molar-refractivity contribution in [2.24, 2.45) is 0 Å². The highest BCUT2D eigenvalue weighted by Crippen LogP contribution is 2.32. The Morgan fingerprint density at radius 2 is 2.00 bits per heavy atom. The van der Waals surface area contributed by atoms with E-state index in [0.717, 1.165) is 21.6 Å². The number of rotatable bonds is 7. The molecule has 0 aliphatic carbocycles. The number of ether oxygens (including phenoxy) is 1. The van der Waals surface area contributed by atoms with Gasteiger partial charge in [0.1, 0.15) is 23.8 Å². The van der Waals surface area contributed by atoms with Crippen molar-refractivity contribution in [3.8, 4) is 11.5 Å². The van der Waals surface area contributed by atoms with E-state index in [2.05, 4.69) is 4.98 Å². The molecule has 0 aliphatic heterocycles. The third-order valence-corrected chi connectivity index (χ3v) is 5.14. The van der Waals surface area contributed by atoms with Gasteiger partial charge in [-0.1, -0.05) is 23.9 Å². The summed E-state index contributed by atoms with van der Waals surface area (Å²) in [5.74, 6) is 0.308. The quantitative estimate of drug-likeness (QED) is 0.457. The first-order valence-corrected chi connectivity index (χ1v) is 9.44. The summed E-state index contributed by atoms with van der Waals surface area (Å²) in [6, 6.07) is 14.7. The van der Waals surface area contributed by atoms with E-state index in [4.69, 9.17) is 4.74 Å². The molecule has 0 saturated heterocycles. The number of aromatic nitrogens is 1. The van der Waals surface area contributed by atoms with Gasteiger partial charge in [-0.2, -0.15) is 0 Å². The van der Waals surface area contributed by atoms with Gasteiger partial charge in [0.25, 0.3) is 0 Å². The normalized spacial score (nSPS) is 10.5. The lowest BCUT2D eigenvalue weighted by molar-refractivity contribution is 0.101. The van der Waals surface area contributed by atoms with E-state index in [1.807, 2.05) is 30.3 Å². The van der Waals surface area contributed by atoms with E-state index >= 15 is 0 Å².